The van der Waals surface area contributed by atoms with Crippen LogP contribution >= 0.6 is 11.3 Å². The second kappa shape index (κ2) is 4.31. The second-order valence-corrected chi connectivity index (χ2v) is 4.20. The van der Waals surface area contributed by atoms with Gasteiger partial charge < -0.3 is 15.6 Å². The number of thiophene rings is 1. The normalized spacial score (nSPS) is 10.3. The van der Waals surface area contributed by atoms with Crippen molar-refractivity contribution in [2.24, 2.45) is 0 Å². The molecule has 0 aliphatic rings. The van der Waals surface area contributed by atoms with Gasteiger partial charge in [0.25, 0.3) is 0 Å². The van der Waals surface area contributed by atoms with Gasteiger partial charge >= 0.3 is 0 Å². The van der Waals surface area contributed by atoms with E-state index < -0.39 is 0 Å². The Morgan fingerprint density at radius 2 is 2.50 bits per heavy atom. The fourth-order valence-corrected chi connectivity index (χ4v) is 2.07. The number of aromatic nitrogens is 2. The van der Waals surface area contributed by atoms with Crippen LogP contribution in [0.4, 0.5) is 10.7 Å². The van der Waals surface area contributed by atoms with E-state index in [1.54, 1.807) is 6.07 Å². The lowest BCUT2D eigenvalue weighted by molar-refractivity contribution is 0.102. The van der Waals surface area contributed by atoms with Gasteiger partial charge in [-0.05, 0) is 6.07 Å². The van der Waals surface area contributed by atoms with E-state index in [0.717, 1.165) is 5.00 Å². The molecule has 16 heavy (non-hydrogen) atoms. The summed E-state index contributed by atoms with van der Waals surface area (Å²) in [7, 11) is 0. The molecule has 2 rings (SSSR count). The molecule has 0 saturated heterocycles. The van der Waals surface area contributed by atoms with Crippen LogP contribution in [0.5, 0.6) is 0 Å². The topological polar surface area (TPSA) is 94.0 Å². The summed E-state index contributed by atoms with van der Waals surface area (Å²) in [6.07, 6.45) is 1.26. The van der Waals surface area contributed by atoms with Crippen molar-refractivity contribution in [1.82, 2.24) is 10.1 Å². The van der Waals surface area contributed by atoms with Crippen molar-refractivity contribution in [2.75, 3.05) is 11.1 Å². The Hall–Kier alpha value is -1.89. The standard InChI is InChI=1S/C9H10N4O2S/c1-5(14)9-6(10)2-8(16-9)11-3-7-12-4-15-13-7/h2,4,11H,3,10H2,1H3. The van der Waals surface area contributed by atoms with Gasteiger partial charge in [0.1, 0.15) is 0 Å². The first-order valence-corrected chi connectivity index (χ1v) is 5.38. The van der Waals surface area contributed by atoms with Crippen molar-refractivity contribution in [3.05, 3.63) is 23.2 Å². The molecule has 0 aliphatic carbocycles. The SMILES string of the molecule is CC(=O)c1sc(NCc2ncon2)cc1N. The van der Waals surface area contributed by atoms with E-state index >= 15 is 0 Å². The van der Waals surface area contributed by atoms with Gasteiger partial charge in [-0.15, -0.1) is 11.3 Å². The number of nitrogens with one attached hydrogen (secondary N) is 1. The number of carbonyl (C=O) groups is 1. The average Bonchev–Trinajstić information content (AvgIpc) is 2.83. The Kier molecular flexibility index (Phi) is 2.86. The Morgan fingerprint density at radius 1 is 1.69 bits per heavy atom. The first-order valence-electron chi connectivity index (χ1n) is 4.56. The summed E-state index contributed by atoms with van der Waals surface area (Å²) in [4.78, 5) is 15.6. The zero-order valence-corrected chi connectivity index (χ0v) is 9.37. The molecule has 84 valence electrons. The second-order valence-electron chi connectivity index (χ2n) is 3.15. The number of anilines is 2. The monoisotopic (exact) mass is 238 g/mol. The first kappa shape index (κ1) is 10.6. The lowest BCUT2D eigenvalue weighted by atomic mass is 10.3. The Labute approximate surface area is 95.5 Å². The van der Waals surface area contributed by atoms with E-state index in [1.807, 2.05) is 0 Å². The molecular weight excluding hydrogens is 228 g/mol. The number of hydrogen-bond donors (Lipinski definition) is 2. The number of nitrogens with zero attached hydrogens (tertiary/aromatic N) is 2. The molecule has 3 N–H and O–H groups in total. The summed E-state index contributed by atoms with van der Waals surface area (Å²) in [5.74, 6) is 0.520. The van der Waals surface area contributed by atoms with Crippen LogP contribution in [0.25, 0.3) is 0 Å². The molecule has 2 heterocycles. The van der Waals surface area contributed by atoms with Crippen LogP contribution in [0, 0.1) is 0 Å². The fourth-order valence-electron chi connectivity index (χ4n) is 1.20. The zero-order chi connectivity index (χ0) is 11.5. The summed E-state index contributed by atoms with van der Waals surface area (Å²) in [5, 5.41) is 7.53. The number of nitrogen functional groups attached to an aromatic ring is 1. The largest absolute Gasteiger partial charge is 0.397 e. The quantitative estimate of drug-likeness (QED) is 0.784. The van der Waals surface area contributed by atoms with Gasteiger partial charge in [0, 0.05) is 6.92 Å². The minimum absolute atomic E-state index is 0.0323. The molecule has 0 radical (unpaired) electrons. The smallest absolute Gasteiger partial charge is 0.213 e. The maximum atomic E-state index is 11.2. The van der Waals surface area contributed by atoms with Crippen molar-refractivity contribution in [1.29, 1.82) is 0 Å². The Bertz CT molecular complexity index is 492. The van der Waals surface area contributed by atoms with E-state index in [4.69, 9.17) is 5.73 Å². The highest BCUT2D eigenvalue weighted by atomic mass is 32.1. The third-order valence-corrected chi connectivity index (χ3v) is 3.12. The zero-order valence-electron chi connectivity index (χ0n) is 8.56. The fraction of sp³-hybridized carbons (Fsp3) is 0.222. The highest BCUT2D eigenvalue weighted by Gasteiger charge is 2.10. The maximum absolute atomic E-state index is 11.2. The summed E-state index contributed by atoms with van der Waals surface area (Å²) >= 11 is 1.32. The van der Waals surface area contributed by atoms with Gasteiger partial charge in [0.15, 0.2) is 11.6 Å². The molecule has 0 atom stereocenters. The Balaban J connectivity index is 2.05. The van der Waals surface area contributed by atoms with E-state index in [9.17, 15) is 4.79 Å². The van der Waals surface area contributed by atoms with Crippen molar-refractivity contribution in [3.63, 3.8) is 0 Å². The van der Waals surface area contributed by atoms with E-state index in [2.05, 4.69) is 20.0 Å². The molecule has 0 bridgehead atoms. The van der Waals surface area contributed by atoms with Crippen LogP contribution in [0.3, 0.4) is 0 Å². The van der Waals surface area contributed by atoms with Crippen molar-refractivity contribution >= 4 is 27.8 Å². The number of Topliss-reactive ketones (excluding diaryl/α,β-unsaturated/α-hetero) is 1. The third kappa shape index (κ3) is 2.19. The average molecular weight is 238 g/mol. The highest BCUT2D eigenvalue weighted by Crippen LogP contribution is 2.29. The van der Waals surface area contributed by atoms with Crippen LogP contribution in [-0.4, -0.2) is 15.9 Å². The predicted molar refractivity (Wildman–Crippen MR) is 60.4 cm³/mol. The van der Waals surface area contributed by atoms with Gasteiger partial charge in [-0.3, -0.25) is 4.79 Å². The van der Waals surface area contributed by atoms with E-state index in [0.29, 0.717) is 22.9 Å². The number of ketones is 1. The molecular formula is C9H10N4O2S. The number of rotatable bonds is 4. The van der Waals surface area contributed by atoms with Gasteiger partial charge in [0.2, 0.25) is 6.39 Å². The number of nitrogens with two attached hydrogens (primary N) is 1. The van der Waals surface area contributed by atoms with E-state index in [-0.39, 0.29) is 5.78 Å². The highest BCUT2D eigenvalue weighted by molar-refractivity contribution is 7.18. The van der Waals surface area contributed by atoms with Gasteiger partial charge in [0.05, 0.1) is 22.1 Å². The molecule has 0 aromatic carbocycles. The lowest BCUT2D eigenvalue weighted by Crippen LogP contribution is -1.99. The van der Waals surface area contributed by atoms with Gasteiger partial charge in [-0.2, -0.15) is 4.98 Å². The molecule has 2 aromatic rings. The molecule has 2 aromatic heterocycles. The number of carbonyl (C=O) groups excluding carboxylic acids is 1. The molecule has 7 heteroatoms. The van der Waals surface area contributed by atoms with Crippen LogP contribution < -0.4 is 11.1 Å². The molecule has 0 saturated carbocycles. The third-order valence-electron chi connectivity index (χ3n) is 1.91. The van der Waals surface area contributed by atoms with Crippen LogP contribution in [0.15, 0.2) is 17.0 Å². The number of hydrogen-bond acceptors (Lipinski definition) is 7. The lowest BCUT2D eigenvalue weighted by Gasteiger charge is -1.97. The minimum Gasteiger partial charge on any atom is -0.397 e. The predicted octanol–water partition coefficient (Wildman–Crippen LogP) is 1.53. The Morgan fingerprint density at radius 3 is 3.06 bits per heavy atom. The maximum Gasteiger partial charge on any atom is 0.213 e. The molecule has 0 spiro atoms. The first-order chi connectivity index (χ1) is 7.66. The van der Waals surface area contributed by atoms with Crippen molar-refractivity contribution < 1.29 is 9.32 Å². The molecule has 0 fully saturated rings. The van der Waals surface area contributed by atoms with Crippen LogP contribution in [-0.2, 0) is 6.54 Å². The van der Waals surface area contributed by atoms with Crippen LogP contribution in [0.2, 0.25) is 0 Å². The summed E-state index contributed by atoms with van der Waals surface area (Å²) in [6.45, 7) is 1.93. The molecule has 6 nitrogen and oxygen atoms in total. The van der Waals surface area contributed by atoms with Crippen LogP contribution in [0.1, 0.15) is 22.4 Å². The van der Waals surface area contributed by atoms with Crippen molar-refractivity contribution in [3.8, 4) is 0 Å². The molecule has 0 amide bonds. The van der Waals surface area contributed by atoms with Crippen molar-refractivity contribution in [2.45, 2.75) is 13.5 Å². The summed E-state index contributed by atoms with van der Waals surface area (Å²) in [6, 6.07) is 1.72. The van der Waals surface area contributed by atoms with E-state index in [1.165, 1.54) is 24.7 Å². The minimum atomic E-state index is -0.0323. The molecule has 0 unspecified atom stereocenters. The van der Waals surface area contributed by atoms with Gasteiger partial charge in [-0.1, -0.05) is 5.16 Å². The summed E-state index contributed by atoms with van der Waals surface area (Å²) < 4.78 is 4.59. The summed E-state index contributed by atoms with van der Waals surface area (Å²) in [5.41, 5.74) is 6.18. The van der Waals surface area contributed by atoms with Gasteiger partial charge in [-0.25, -0.2) is 0 Å². The molecule has 0 aliphatic heterocycles.